The highest BCUT2D eigenvalue weighted by atomic mass is 19.1. The fourth-order valence-electron chi connectivity index (χ4n) is 4.51. The Kier molecular flexibility index (Phi) is 5.89. The number of hydrogen-bond donors (Lipinski definition) is 0. The summed E-state index contributed by atoms with van der Waals surface area (Å²) in [4.78, 5) is 29.0. The van der Waals surface area contributed by atoms with Crippen molar-refractivity contribution in [1.82, 2.24) is 0 Å². The standard InChI is InChI=1S/C29H26FNO4/c1-4-5-13-34-22-8-6-7-19(15-22)26-25-27(32)23-16-20(30)10-12-24(23)35-28(25)29(33)31(26)21-11-9-17(2)18(3)14-21/h6-12,14-16,26H,4-5,13H2,1-3H3. The summed E-state index contributed by atoms with van der Waals surface area (Å²) in [5.41, 5.74) is 3.46. The lowest BCUT2D eigenvalue weighted by molar-refractivity contribution is 0.0971. The van der Waals surface area contributed by atoms with Crippen molar-refractivity contribution < 1.29 is 18.3 Å². The molecule has 35 heavy (non-hydrogen) atoms. The molecule has 0 N–H and O–H groups in total. The van der Waals surface area contributed by atoms with Crippen LogP contribution in [0.15, 0.2) is 69.9 Å². The van der Waals surface area contributed by atoms with Gasteiger partial charge in [0.25, 0.3) is 5.91 Å². The van der Waals surface area contributed by atoms with Crippen LogP contribution in [0.1, 0.15) is 58.6 Å². The molecule has 1 unspecified atom stereocenters. The zero-order chi connectivity index (χ0) is 24.7. The molecule has 0 bridgehead atoms. The second-order valence-electron chi connectivity index (χ2n) is 8.94. The van der Waals surface area contributed by atoms with Gasteiger partial charge >= 0.3 is 0 Å². The van der Waals surface area contributed by atoms with E-state index < -0.39 is 23.2 Å². The van der Waals surface area contributed by atoms with Crippen molar-refractivity contribution in [2.45, 2.75) is 39.7 Å². The SMILES string of the molecule is CCCCOc1cccc(C2c3c(oc4ccc(F)cc4c3=O)C(=O)N2c2ccc(C)c(C)c2)c1. The molecule has 0 fully saturated rings. The van der Waals surface area contributed by atoms with Crippen LogP contribution in [0.5, 0.6) is 5.75 Å². The van der Waals surface area contributed by atoms with Crippen LogP contribution in [-0.4, -0.2) is 12.5 Å². The predicted molar refractivity (Wildman–Crippen MR) is 134 cm³/mol. The maximum atomic E-state index is 14.0. The van der Waals surface area contributed by atoms with Gasteiger partial charge in [-0.25, -0.2) is 4.39 Å². The normalized spacial score (nSPS) is 15.0. The lowest BCUT2D eigenvalue weighted by Crippen LogP contribution is -2.29. The highest BCUT2D eigenvalue weighted by Crippen LogP contribution is 2.42. The number of anilines is 1. The third-order valence-corrected chi connectivity index (χ3v) is 6.54. The molecule has 0 spiro atoms. The fourth-order valence-corrected chi connectivity index (χ4v) is 4.51. The number of carbonyl (C=O) groups is 1. The summed E-state index contributed by atoms with van der Waals surface area (Å²) in [5, 5.41) is 0.110. The average molecular weight is 472 g/mol. The van der Waals surface area contributed by atoms with E-state index in [-0.39, 0.29) is 22.3 Å². The van der Waals surface area contributed by atoms with Crippen LogP contribution in [-0.2, 0) is 0 Å². The fraction of sp³-hybridized carbons (Fsp3) is 0.241. The van der Waals surface area contributed by atoms with Crippen LogP contribution in [0.25, 0.3) is 11.0 Å². The summed E-state index contributed by atoms with van der Waals surface area (Å²) < 4.78 is 25.8. The Bertz CT molecular complexity index is 1510. The molecule has 3 aromatic carbocycles. The van der Waals surface area contributed by atoms with Crippen LogP contribution in [0.2, 0.25) is 0 Å². The molecule has 5 nitrogen and oxygen atoms in total. The van der Waals surface area contributed by atoms with Crippen LogP contribution >= 0.6 is 0 Å². The van der Waals surface area contributed by atoms with Crippen molar-refractivity contribution in [3.05, 3.63) is 105 Å². The Labute approximate surface area is 202 Å². The molecule has 1 atom stereocenters. The number of halogens is 1. The molecule has 1 amide bonds. The highest BCUT2D eigenvalue weighted by molar-refractivity contribution is 6.10. The van der Waals surface area contributed by atoms with Gasteiger partial charge in [-0.1, -0.05) is 31.5 Å². The van der Waals surface area contributed by atoms with E-state index in [0.29, 0.717) is 23.6 Å². The van der Waals surface area contributed by atoms with Gasteiger partial charge in [0.1, 0.15) is 17.1 Å². The molecule has 2 heterocycles. The van der Waals surface area contributed by atoms with Gasteiger partial charge in [0.2, 0.25) is 5.76 Å². The number of benzene rings is 3. The van der Waals surface area contributed by atoms with E-state index in [9.17, 15) is 14.0 Å². The zero-order valence-electron chi connectivity index (χ0n) is 19.9. The topological polar surface area (TPSA) is 59.8 Å². The van der Waals surface area contributed by atoms with Gasteiger partial charge < -0.3 is 9.15 Å². The quantitative estimate of drug-likeness (QED) is 0.302. The number of hydrogen-bond acceptors (Lipinski definition) is 4. The van der Waals surface area contributed by atoms with Crippen molar-refractivity contribution in [2.24, 2.45) is 0 Å². The summed E-state index contributed by atoms with van der Waals surface area (Å²) in [6.07, 6.45) is 1.93. The summed E-state index contributed by atoms with van der Waals surface area (Å²) in [5.74, 6) is -0.306. The second kappa shape index (κ2) is 9.02. The van der Waals surface area contributed by atoms with E-state index in [4.69, 9.17) is 9.15 Å². The van der Waals surface area contributed by atoms with E-state index in [1.165, 1.54) is 12.1 Å². The summed E-state index contributed by atoms with van der Waals surface area (Å²) in [6.45, 7) is 6.65. The lowest BCUT2D eigenvalue weighted by atomic mass is 9.97. The molecule has 4 aromatic rings. The maximum absolute atomic E-state index is 14.0. The number of carbonyl (C=O) groups excluding carboxylic acids is 1. The summed E-state index contributed by atoms with van der Waals surface area (Å²) >= 11 is 0. The first-order chi connectivity index (χ1) is 16.9. The first kappa shape index (κ1) is 22.8. The molecule has 178 valence electrons. The van der Waals surface area contributed by atoms with Crippen LogP contribution in [0.3, 0.4) is 0 Å². The van der Waals surface area contributed by atoms with Gasteiger partial charge in [-0.15, -0.1) is 0 Å². The molecule has 6 heteroatoms. The first-order valence-electron chi connectivity index (χ1n) is 11.8. The van der Waals surface area contributed by atoms with E-state index >= 15 is 0 Å². The minimum absolute atomic E-state index is 0.0189. The van der Waals surface area contributed by atoms with E-state index in [0.717, 1.165) is 30.0 Å². The molecule has 0 radical (unpaired) electrons. The summed E-state index contributed by atoms with van der Waals surface area (Å²) in [7, 11) is 0. The Morgan fingerprint density at radius 3 is 2.60 bits per heavy atom. The predicted octanol–water partition coefficient (Wildman–Crippen LogP) is 6.48. The highest BCUT2D eigenvalue weighted by Gasteiger charge is 2.43. The number of unbranched alkanes of at least 4 members (excludes halogenated alkanes) is 1. The Morgan fingerprint density at radius 1 is 1.00 bits per heavy atom. The van der Waals surface area contributed by atoms with Gasteiger partial charge in [0.05, 0.1) is 23.6 Å². The number of nitrogens with zero attached hydrogens (tertiary/aromatic N) is 1. The monoisotopic (exact) mass is 471 g/mol. The third kappa shape index (κ3) is 3.99. The zero-order valence-corrected chi connectivity index (χ0v) is 19.9. The average Bonchev–Trinajstić information content (AvgIpc) is 3.14. The Hall–Kier alpha value is -3.93. The van der Waals surface area contributed by atoms with Crippen LogP contribution in [0, 0.1) is 19.7 Å². The van der Waals surface area contributed by atoms with Crippen molar-refractivity contribution in [3.8, 4) is 5.75 Å². The van der Waals surface area contributed by atoms with E-state index in [1.807, 2.05) is 56.3 Å². The first-order valence-corrected chi connectivity index (χ1v) is 11.8. The molecule has 1 aromatic heterocycles. The lowest BCUT2D eigenvalue weighted by Gasteiger charge is -2.26. The van der Waals surface area contributed by atoms with E-state index in [2.05, 4.69) is 6.92 Å². The van der Waals surface area contributed by atoms with Gasteiger partial charge in [-0.2, -0.15) is 0 Å². The minimum atomic E-state index is -0.738. The number of aryl methyl sites for hydroxylation is 2. The van der Waals surface area contributed by atoms with Gasteiger partial charge in [0.15, 0.2) is 5.43 Å². The Morgan fingerprint density at radius 2 is 1.83 bits per heavy atom. The number of rotatable bonds is 6. The van der Waals surface area contributed by atoms with Crippen molar-refractivity contribution in [3.63, 3.8) is 0 Å². The molecular formula is C29H26FNO4. The number of amides is 1. The number of fused-ring (bicyclic) bond motifs is 2. The van der Waals surface area contributed by atoms with Gasteiger partial charge in [-0.05, 0) is 79.4 Å². The van der Waals surface area contributed by atoms with Crippen molar-refractivity contribution >= 4 is 22.6 Å². The molecule has 0 saturated carbocycles. The van der Waals surface area contributed by atoms with Crippen molar-refractivity contribution in [1.29, 1.82) is 0 Å². The number of ether oxygens (including phenoxy) is 1. The smallest absolute Gasteiger partial charge is 0.295 e. The summed E-state index contributed by atoms with van der Waals surface area (Å²) in [6, 6.07) is 16.2. The van der Waals surface area contributed by atoms with Gasteiger partial charge in [0, 0.05) is 5.69 Å². The van der Waals surface area contributed by atoms with E-state index in [1.54, 1.807) is 4.90 Å². The minimum Gasteiger partial charge on any atom is -0.494 e. The molecule has 0 saturated heterocycles. The van der Waals surface area contributed by atoms with Crippen LogP contribution in [0.4, 0.5) is 10.1 Å². The molecule has 1 aliphatic heterocycles. The van der Waals surface area contributed by atoms with Gasteiger partial charge in [-0.3, -0.25) is 14.5 Å². The molecule has 1 aliphatic rings. The van der Waals surface area contributed by atoms with Crippen LogP contribution < -0.4 is 15.1 Å². The Balaban J connectivity index is 1.73. The molecular weight excluding hydrogens is 445 g/mol. The van der Waals surface area contributed by atoms with Crippen molar-refractivity contribution in [2.75, 3.05) is 11.5 Å². The molecule has 0 aliphatic carbocycles. The second-order valence-corrected chi connectivity index (χ2v) is 8.94. The largest absolute Gasteiger partial charge is 0.494 e. The maximum Gasteiger partial charge on any atom is 0.295 e. The third-order valence-electron chi connectivity index (χ3n) is 6.54. The molecule has 5 rings (SSSR count).